The summed E-state index contributed by atoms with van der Waals surface area (Å²) in [6, 6.07) is 5.35. The number of rotatable bonds is 6. The molecule has 0 aliphatic carbocycles. The van der Waals surface area contributed by atoms with E-state index >= 15 is 0 Å². The average molecular weight is 289 g/mol. The lowest BCUT2D eigenvalue weighted by Crippen LogP contribution is -2.26. The third-order valence-corrected chi connectivity index (χ3v) is 3.55. The molecule has 0 aromatic heterocycles. The lowest BCUT2D eigenvalue weighted by molar-refractivity contribution is -0.137. The number of halogens is 3. The Kier molecular flexibility index (Phi) is 5.59. The number of ether oxygens (including phenoxy) is 1. The SMILES string of the molecule is CNC(CCC(C)(C)OC)c1cccc(C(F)(F)F)c1. The molecule has 0 bridgehead atoms. The minimum Gasteiger partial charge on any atom is -0.379 e. The van der Waals surface area contributed by atoms with Crippen LogP contribution in [0.2, 0.25) is 0 Å². The van der Waals surface area contributed by atoms with Crippen LogP contribution < -0.4 is 5.32 Å². The lowest BCUT2D eigenvalue weighted by Gasteiger charge is -2.26. The summed E-state index contributed by atoms with van der Waals surface area (Å²) in [6.07, 6.45) is -2.84. The first-order valence-corrected chi connectivity index (χ1v) is 6.59. The average Bonchev–Trinajstić information content (AvgIpc) is 2.39. The number of hydrogen-bond acceptors (Lipinski definition) is 2. The zero-order valence-electron chi connectivity index (χ0n) is 12.3. The summed E-state index contributed by atoms with van der Waals surface area (Å²) in [5.74, 6) is 0. The van der Waals surface area contributed by atoms with Gasteiger partial charge in [-0.2, -0.15) is 13.2 Å². The number of methoxy groups -OCH3 is 1. The van der Waals surface area contributed by atoms with Crippen molar-refractivity contribution < 1.29 is 17.9 Å². The molecule has 0 saturated heterocycles. The van der Waals surface area contributed by atoms with Gasteiger partial charge in [0.2, 0.25) is 0 Å². The molecule has 0 saturated carbocycles. The van der Waals surface area contributed by atoms with Crippen molar-refractivity contribution in [3.05, 3.63) is 35.4 Å². The van der Waals surface area contributed by atoms with E-state index in [1.807, 2.05) is 13.8 Å². The van der Waals surface area contributed by atoms with Crippen molar-refractivity contribution in [1.82, 2.24) is 5.32 Å². The highest BCUT2D eigenvalue weighted by molar-refractivity contribution is 5.28. The molecule has 20 heavy (non-hydrogen) atoms. The molecule has 0 aliphatic heterocycles. The highest BCUT2D eigenvalue weighted by Crippen LogP contribution is 2.32. The van der Waals surface area contributed by atoms with Gasteiger partial charge in [-0.1, -0.05) is 12.1 Å². The summed E-state index contributed by atoms with van der Waals surface area (Å²) in [4.78, 5) is 0. The molecule has 0 fully saturated rings. The molecule has 2 nitrogen and oxygen atoms in total. The Morgan fingerprint density at radius 1 is 1.25 bits per heavy atom. The number of benzene rings is 1. The van der Waals surface area contributed by atoms with E-state index in [0.717, 1.165) is 12.5 Å². The smallest absolute Gasteiger partial charge is 0.379 e. The van der Waals surface area contributed by atoms with Crippen LogP contribution in [0.1, 0.15) is 43.9 Å². The highest BCUT2D eigenvalue weighted by Gasteiger charge is 2.31. The van der Waals surface area contributed by atoms with Gasteiger partial charge in [0.25, 0.3) is 0 Å². The molecule has 1 unspecified atom stereocenters. The molecule has 5 heteroatoms. The fourth-order valence-electron chi connectivity index (χ4n) is 2.00. The predicted octanol–water partition coefficient (Wildman–Crippen LogP) is 4.17. The molecular weight excluding hydrogens is 267 g/mol. The molecule has 1 atom stereocenters. The molecule has 0 spiro atoms. The molecule has 1 rings (SSSR count). The van der Waals surface area contributed by atoms with Crippen LogP contribution in [-0.2, 0) is 10.9 Å². The Labute approximate surface area is 118 Å². The number of hydrogen-bond donors (Lipinski definition) is 1. The lowest BCUT2D eigenvalue weighted by atomic mass is 9.94. The maximum atomic E-state index is 12.7. The quantitative estimate of drug-likeness (QED) is 0.848. The highest BCUT2D eigenvalue weighted by atomic mass is 19.4. The Bertz CT molecular complexity index is 429. The van der Waals surface area contributed by atoms with Crippen LogP contribution in [0.15, 0.2) is 24.3 Å². The van der Waals surface area contributed by atoms with E-state index in [9.17, 15) is 13.2 Å². The molecule has 114 valence electrons. The van der Waals surface area contributed by atoms with Crippen LogP contribution in [0.5, 0.6) is 0 Å². The summed E-state index contributed by atoms with van der Waals surface area (Å²) in [7, 11) is 3.39. The maximum absolute atomic E-state index is 12.7. The summed E-state index contributed by atoms with van der Waals surface area (Å²) < 4.78 is 43.5. The van der Waals surface area contributed by atoms with Crippen LogP contribution in [0.4, 0.5) is 13.2 Å². The second-order valence-corrected chi connectivity index (χ2v) is 5.47. The van der Waals surface area contributed by atoms with Gasteiger partial charge in [-0.25, -0.2) is 0 Å². The zero-order chi connectivity index (χ0) is 15.4. The van der Waals surface area contributed by atoms with Crippen LogP contribution in [-0.4, -0.2) is 19.8 Å². The Morgan fingerprint density at radius 2 is 1.90 bits per heavy atom. The normalized spacial score (nSPS) is 14.3. The summed E-state index contributed by atoms with van der Waals surface area (Å²) in [5.41, 5.74) is -0.244. The van der Waals surface area contributed by atoms with Crippen molar-refractivity contribution in [2.24, 2.45) is 0 Å². The fraction of sp³-hybridized carbons (Fsp3) is 0.600. The third kappa shape index (κ3) is 4.80. The molecule has 0 radical (unpaired) electrons. The molecule has 0 amide bonds. The van der Waals surface area contributed by atoms with E-state index in [2.05, 4.69) is 5.32 Å². The molecular formula is C15H22F3NO. The molecule has 1 aromatic rings. The van der Waals surface area contributed by atoms with E-state index in [-0.39, 0.29) is 11.6 Å². The second kappa shape index (κ2) is 6.59. The zero-order valence-corrected chi connectivity index (χ0v) is 12.3. The largest absolute Gasteiger partial charge is 0.416 e. The van der Waals surface area contributed by atoms with E-state index in [1.165, 1.54) is 12.1 Å². The molecule has 1 aromatic carbocycles. The predicted molar refractivity (Wildman–Crippen MR) is 73.6 cm³/mol. The first-order chi connectivity index (χ1) is 9.19. The van der Waals surface area contributed by atoms with Crippen molar-refractivity contribution in [3.8, 4) is 0 Å². The Balaban J connectivity index is 2.85. The van der Waals surface area contributed by atoms with Crippen LogP contribution in [0.3, 0.4) is 0 Å². The molecule has 1 N–H and O–H groups in total. The van der Waals surface area contributed by atoms with Crippen molar-refractivity contribution in [1.29, 1.82) is 0 Å². The second-order valence-electron chi connectivity index (χ2n) is 5.47. The van der Waals surface area contributed by atoms with E-state index < -0.39 is 11.7 Å². The topological polar surface area (TPSA) is 21.3 Å². The monoisotopic (exact) mass is 289 g/mol. The maximum Gasteiger partial charge on any atom is 0.416 e. The van der Waals surface area contributed by atoms with Crippen LogP contribution in [0, 0.1) is 0 Å². The number of alkyl halides is 3. The summed E-state index contributed by atoms with van der Waals surface area (Å²) in [6.45, 7) is 3.93. The van der Waals surface area contributed by atoms with Crippen molar-refractivity contribution in [2.45, 2.75) is 44.5 Å². The minimum absolute atomic E-state index is 0.119. The fourth-order valence-corrected chi connectivity index (χ4v) is 2.00. The van der Waals surface area contributed by atoms with Gasteiger partial charge in [-0.3, -0.25) is 0 Å². The molecule has 0 heterocycles. The van der Waals surface area contributed by atoms with Gasteiger partial charge >= 0.3 is 6.18 Å². The van der Waals surface area contributed by atoms with Gasteiger partial charge < -0.3 is 10.1 Å². The van der Waals surface area contributed by atoms with Crippen molar-refractivity contribution in [3.63, 3.8) is 0 Å². The first kappa shape index (κ1) is 17.0. The Morgan fingerprint density at radius 3 is 2.40 bits per heavy atom. The third-order valence-electron chi connectivity index (χ3n) is 3.55. The van der Waals surface area contributed by atoms with E-state index in [0.29, 0.717) is 12.0 Å². The van der Waals surface area contributed by atoms with Crippen molar-refractivity contribution >= 4 is 0 Å². The van der Waals surface area contributed by atoms with Gasteiger partial charge in [0.05, 0.1) is 11.2 Å². The van der Waals surface area contributed by atoms with Gasteiger partial charge in [-0.15, -0.1) is 0 Å². The molecule has 0 aliphatic rings. The Hall–Kier alpha value is -1.07. The van der Waals surface area contributed by atoms with Crippen LogP contribution >= 0.6 is 0 Å². The van der Waals surface area contributed by atoms with Crippen molar-refractivity contribution in [2.75, 3.05) is 14.2 Å². The van der Waals surface area contributed by atoms with Gasteiger partial charge in [0.1, 0.15) is 0 Å². The van der Waals surface area contributed by atoms with E-state index in [1.54, 1.807) is 20.2 Å². The minimum atomic E-state index is -4.31. The number of nitrogens with one attached hydrogen (secondary N) is 1. The van der Waals surface area contributed by atoms with Crippen LogP contribution in [0.25, 0.3) is 0 Å². The van der Waals surface area contributed by atoms with Gasteiger partial charge in [0.15, 0.2) is 0 Å². The first-order valence-electron chi connectivity index (χ1n) is 6.59. The van der Waals surface area contributed by atoms with Gasteiger partial charge in [0, 0.05) is 13.2 Å². The van der Waals surface area contributed by atoms with Gasteiger partial charge in [-0.05, 0) is 51.4 Å². The standard InChI is InChI=1S/C15H22F3NO/c1-14(2,20-4)9-8-13(19-3)11-6-5-7-12(10-11)15(16,17)18/h5-7,10,13,19H,8-9H2,1-4H3. The van der Waals surface area contributed by atoms with E-state index in [4.69, 9.17) is 4.74 Å². The summed E-state index contributed by atoms with van der Waals surface area (Å²) >= 11 is 0. The summed E-state index contributed by atoms with van der Waals surface area (Å²) in [5, 5.41) is 3.07.